The molecule has 200 valence electrons. The number of nitrogens with zero attached hydrogens (tertiary/aromatic N) is 1. The summed E-state index contributed by atoms with van der Waals surface area (Å²) in [4.78, 5) is 37.6. The van der Waals surface area contributed by atoms with Crippen LogP contribution in [0.25, 0.3) is 0 Å². The average molecular weight is 510 g/mol. The van der Waals surface area contributed by atoms with Gasteiger partial charge in [-0.25, -0.2) is 9.59 Å². The van der Waals surface area contributed by atoms with Crippen molar-refractivity contribution in [3.63, 3.8) is 0 Å². The van der Waals surface area contributed by atoms with Gasteiger partial charge in [0.1, 0.15) is 6.54 Å². The molecule has 1 saturated heterocycles. The summed E-state index contributed by atoms with van der Waals surface area (Å²) in [6.07, 6.45) is 11.4. The van der Waals surface area contributed by atoms with Crippen LogP contribution in [0.4, 0.5) is 4.79 Å². The van der Waals surface area contributed by atoms with Crippen molar-refractivity contribution >= 4 is 11.9 Å². The Morgan fingerprint density at radius 3 is 2.70 bits per heavy atom. The van der Waals surface area contributed by atoms with Crippen LogP contribution in [0.1, 0.15) is 76.7 Å². The van der Waals surface area contributed by atoms with E-state index in [4.69, 9.17) is 4.42 Å². The number of hydrogen-bond donors (Lipinski definition) is 3. The zero-order chi connectivity index (χ0) is 26.0. The quantitative estimate of drug-likeness (QED) is 0.530. The minimum atomic E-state index is -0.731. The number of allylic oxidation sites excluding steroid dienone is 1. The monoisotopic (exact) mass is 509 g/mol. The van der Waals surface area contributed by atoms with E-state index in [1.807, 2.05) is 6.07 Å². The van der Waals surface area contributed by atoms with Gasteiger partial charge in [0.05, 0.1) is 11.9 Å². The van der Waals surface area contributed by atoms with E-state index in [0.29, 0.717) is 19.0 Å². The number of hydrogen-bond acceptors (Lipinski definition) is 5. The van der Waals surface area contributed by atoms with Crippen molar-refractivity contribution in [3.8, 4) is 0 Å². The summed E-state index contributed by atoms with van der Waals surface area (Å²) in [5, 5.41) is 18.3. The second-order valence-corrected chi connectivity index (χ2v) is 12.6. The first-order valence-electron chi connectivity index (χ1n) is 14.0. The van der Waals surface area contributed by atoms with Crippen LogP contribution in [0.3, 0.4) is 0 Å². The Morgan fingerprint density at radius 2 is 1.95 bits per heavy atom. The Bertz CT molecular complexity index is 1170. The molecule has 7 atom stereocenters. The van der Waals surface area contributed by atoms with Crippen LogP contribution in [0, 0.1) is 22.7 Å². The van der Waals surface area contributed by atoms with Crippen LogP contribution >= 0.6 is 0 Å². The number of carbonyl (C=O) groups is 2. The maximum atomic E-state index is 12.8. The van der Waals surface area contributed by atoms with Gasteiger partial charge in [0.2, 0.25) is 5.91 Å². The average Bonchev–Trinajstić information content (AvgIpc) is 3.16. The zero-order valence-electron chi connectivity index (χ0n) is 21.9. The molecule has 3 amide bonds. The molecule has 0 radical (unpaired) electrons. The SMILES string of the molecule is C[C@]12CC[C@H](NC(=O)N3CCNC(=O)C3)C=C1CC[C@@H]1[C@@H]2CC[C@]2(C)[C@@H](c3ccc(=O)oc3)CC[C@]12O. The summed E-state index contributed by atoms with van der Waals surface area (Å²) in [6, 6.07) is 3.20. The molecule has 5 aliphatic rings. The van der Waals surface area contributed by atoms with Crippen molar-refractivity contribution in [1.82, 2.24) is 15.5 Å². The normalized spacial score (nSPS) is 41.1. The van der Waals surface area contributed by atoms with Crippen molar-refractivity contribution in [2.75, 3.05) is 19.6 Å². The summed E-state index contributed by atoms with van der Waals surface area (Å²) in [5.74, 6) is 0.741. The minimum Gasteiger partial charge on any atom is -0.431 e. The summed E-state index contributed by atoms with van der Waals surface area (Å²) in [5.41, 5.74) is 1.18. The molecular weight excluding hydrogens is 470 g/mol. The van der Waals surface area contributed by atoms with Gasteiger partial charge in [0.15, 0.2) is 0 Å². The van der Waals surface area contributed by atoms with Gasteiger partial charge in [-0.2, -0.15) is 0 Å². The molecule has 0 unspecified atom stereocenters. The number of nitrogens with one attached hydrogen (secondary N) is 2. The number of urea groups is 1. The smallest absolute Gasteiger partial charge is 0.335 e. The van der Waals surface area contributed by atoms with Crippen LogP contribution in [0.15, 0.2) is 39.3 Å². The van der Waals surface area contributed by atoms with Gasteiger partial charge >= 0.3 is 11.7 Å². The van der Waals surface area contributed by atoms with Crippen molar-refractivity contribution in [2.24, 2.45) is 22.7 Å². The lowest BCUT2D eigenvalue weighted by molar-refractivity contribution is -0.177. The highest BCUT2D eigenvalue weighted by atomic mass is 16.4. The van der Waals surface area contributed by atoms with Crippen LogP contribution in [0.5, 0.6) is 0 Å². The predicted molar refractivity (Wildman–Crippen MR) is 138 cm³/mol. The summed E-state index contributed by atoms with van der Waals surface area (Å²) in [6.45, 7) is 5.79. The zero-order valence-corrected chi connectivity index (χ0v) is 21.9. The summed E-state index contributed by atoms with van der Waals surface area (Å²) >= 11 is 0. The molecule has 1 aromatic heterocycles. The highest BCUT2D eigenvalue weighted by Crippen LogP contribution is 2.70. The van der Waals surface area contributed by atoms with Crippen LogP contribution < -0.4 is 16.3 Å². The molecule has 2 heterocycles. The van der Waals surface area contributed by atoms with Gasteiger partial charge in [0.25, 0.3) is 0 Å². The number of rotatable bonds is 2. The third-order valence-corrected chi connectivity index (χ3v) is 11.1. The third-order valence-electron chi connectivity index (χ3n) is 11.1. The number of carbonyl (C=O) groups excluding carboxylic acids is 2. The van der Waals surface area contributed by atoms with Crippen molar-refractivity contribution in [1.29, 1.82) is 0 Å². The molecule has 1 aliphatic heterocycles. The van der Waals surface area contributed by atoms with E-state index in [0.717, 1.165) is 56.9 Å². The lowest BCUT2D eigenvalue weighted by atomic mass is 9.45. The van der Waals surface area contributed by atoms with E-state index < -0.39 is 5.60 Å². The van der Waals surface area contributed by atoms with E-state index >= 15 is 0 Å². The largest absolute Gasteiger partial charge is 0.431 e. The number of fused-ring (bicyclic) bond motifs is 5. The first kappa shape index (κ1) is 24.7. The Labute approximate surface area is 217 Å². The molecule has 3 N–H and O–H groups in total. The Morgan fingerprint density at radius 1 is 1.11 bits per heavy atom. The molecule has 37 heavy (non-hydrogen) atoms. The molecule has 6 rings (SSSR count). The predicted octanol–water partition coefficient (Wildman–Crippen LogP) is 3.31. The van der Waals surface area contributed by atoms with Crippen molar-refractivity contribution in [2.45, 2.75) is 82.8 Å². The van der Waals surface area contributed by atoms with Crippen LogP contribution in [-0.2, 0) is 4.79 Å². The fourth-order valence-electron chi connectivity index (χ4n) is 8.98. The Kier molecular flexibility index (Phi) is 5.82. The van der Waals surface area contributed by atoms with E-state index in [2.05, 4.69) is 30.6 Å². The lowest BCUT2D eigenvalue weighted by Gasteiger charge is -2.62. The van der Waals surface area contributed by atoms with Gasteiger partial charge in [-0.3, -0.25) is 4.79 Å². The Balaban J connectivity index is 1.20. The maximum Gasteiger partial charge on any atom is 0.335 e. The van der Waals surface area contributed by atoms with Gasteiger partial charge in [-0.15, -0.1) is 0 Å². The molecule has 0 spiro atoms. The maximum absolute atomic E-state index is 12.8. The molecular formula is C29H39N3O5. The topological polar surface area (TPSA) is 112 Å². The first-order valence-corrected chi connectivity index (χ1v) is 14.0. The number of amides is 3. The standard InChI is InChI=1S/C29H39N3O5/c1-27-10-7-20(31-26(35)32-14-13-30-24(33)16-32)15-19(27)4-5-23-22(27)8-11-28(2)21(9-12-29(23,28)36)18-3-6-25(34)37-17-18/h3,6,15,17,20-23,36H,4-5,7-14,16H2,1-2H3,(H,30,33)(H,31,35)/t20-,21+,22-,23+,27-,28+,29-/m0/s1. The van der Waals surface area contributed by atoms with E-state index in [-0.39, 0.29) is 52.8 Å². The fourth-order valence-corrected chi connectivity index (χ4v) is 8.98. The lowest BCUT2D eigenvalue weighted by Crippen LogP contribution is -2.61. The number of piperazine rings is 1. The van der Waals surface area contributed by atoms with Gasteiger partial charge in [-0.1, -0.05) is 25.5 Å². The van der Waals surface area contributed by atoms with E-state index in [1.165, 1.54) is 11.6 Å². The minimum absolute atomic E-state index is 0.0161. The molecule has 4 aliphatic carbocycles. The summed E-state index contributed by atoms with van der Waals surface area (Å²) in [7, 11) is 0. The fraction of sp³-hybridized carbons (Fsp3) is 0.690. The molecule has 0 aromatic carbocycles. The summed E-state index contributed by atoms with van der Waals surface area (Å²) < 4.78 is 5.21. The second kappa shape index (κ2) is 8.72. The molecule has 8 nitrogen and oxygen atoms in total. The van der Waals surface area contributed by atoms with Crippen LogP contribution in [-0.4, -0.2) is 53.2 Å². The highest BCUT2D eigenvalue weighted by molar-refractivity contribution is 5.85. The third kappa shape index (κ3) is 3.77. The van der Waals surface area contributed by atoms with Gasteiger partial charge < -0.3 is 25.1 Å². The molecule has 1 aromatic rings. The van der Waals surface area contributed by atoms with Crippen molar-refractivity contribution in [3.05, 3.63) is 46.0 Å². The van der Waals surface area contributed by atoms with Gasteiger partial charge in [0, 0.05) is 30.6 Å². The highest BCUT2D eigenvalue weighted by Gasteiger charge is 2.66. The molecule has 4 fully saturated rings. The van der Waals surface area contributed by atoms with E-state index in [1.54, 1.807) is 11.2 Å². The van der Waals surface area contributed by atoms with Gasteiger partial charge in [-0.05, 0) is 86.2 Å². The van der Waals surface area contributed by atoms with Crippen LogP contribution in [0.2, 0.25) is 0 Å². The second-order valence-electron chi connectivity index (χ2n) is 12.6. The molecule has 3 saturated carbocycles. The van der Waals surface area contributed by atoms with Crippen molar-refractivity contribution < 1.29 is 19.1 Å². The number of aliphatic hydroxyl groups is 1. The first-order chi connectivity index (χ1) is 17.6. The van der Waals surface area contributed by atoms with E-state index in [9.17, 15) is 19.5 Å². The molecule has 8 heteroatoms. The molecule has 0 bridgehead atoms. The Hall–Kier alpha value is -2.61.